The number of hydrogen-bond acceptors (Lipinski definition) is 3. The molecule has 2 unspecified atom stereocenters. The Morgan fingerprint density at radius 3 is 2.61 bits per heavy atom. The molecular formula is C13H19F2N3. The molecule has 1 fully saturated rings. The standard InChI is InChI=1S/C13H19F2N3/c1-9(18-6-4-17-5-7-18)13(16)11-8-10(14)2-3-12(11)15/h2-3,8-9,13,17H,4-7,16H2,1H3. The summed E-state index contributed by atoms with van der Waals surface area (Å²) >= 11 is 0. The number of rotatable bonds is 3. The van der Waals surface area contributed by atoms with Gasteiger partial charge >= 0.3 is 0 Å². The highest BCUT2D eigenvalue weighted by atomic mass is 19.1. The average Bonchev–Trinajstić information content (AvgIpc) is 2.41. The number of piperazine rings is 1. The molecule has 3 nitrogen and oxygen atoms in total. The van der Waals surface area contributed by atoms with Crippen LogP contribution in [0.3, 0.4) is 0 Å². The van der Waals surface area contributed by atoms with Gasteiger partial charge in [-0.25, -0.2) is 8.78 Å². The van der Waals surface area contributed by atoms with Gasteiger partial charge in [0.2, 0.25) is 0 Å². The zero-order valence-corrected chi connectivity index (χ0v) is 10.5. The molecule has 1 heterocycles. The van der Waals surface area contributed by atoms with Gasteiger partial charge < -0.3 is 11.1 Å². The van der Waals surface area contributed by atoms with Gasteiger partial charge in [-0.3, -0.25) is 4.90 Å². The normalized spacial score (nSPS) is 20.7. The largest absolute Gasteiger partial charge is 0.323 e. The first-order valence-corrected chi connectivity index (χ1v) is 6.25. The smallest absolute Gasteiger partial charge is 0.128 e. The number of benzene rings is 1. The predicted octanol–water partition coefficient (Wildman–Crippen LogP) is 1.26. The Morgan fingerprint density at radius 2 is 1.94 bits per heavy atom. The summed E-state index contributed by atoms with van der Waals surface area (Å²) in [6, 6.07) is 2.91. The molecular weight excluding hydrogens is 236 g/mol. The number of hydrogen-bond donors (Lipinski definition) is 2. The van der Waals surface area contributed by atoms with E-state index < -0.39 is 17.7 Å². The maximum absolute atomic E-state index is 13.7. The lowest BCUT2D eigenvalue weighted by molar-refractivity contribution is 0.162. The summed E-state index contributed by atoms with van der Waals surface area (Å²) in [6.07, 6.45) is 0. The van der Waals surface area contributed by atoms with Crippen LogP contribution in [0.4, 0.5) is 8.78 Å². The molecule has 0 spiro atoms. The van der Waals surface area contributed by atoms with Gasteiger partial charge in [-0.1, -0.05) is 0 Å². The highest BCUT2D eigenvalue weighted by molar-refractivity contribution is 5.23. The van der Waals surface area contributed by atoms with Crippen LogP contribution in [-0.4, -0.2) is 37.1 Å². The van der Waals surface area contributed by atoms with Crippen molar-refractivity contribution in [2.24, 2.45) is 5.73 Å². The molecule has 1 aromatic carbocycles. The van der Waals surface area contributed by atoms with E-state index in [1.165, 1.54) is 6.07 Å². The average molecular weight is 255 g/mol. The second-order valence-corrected chi connectivity index (χ2v) is 4.72. The Hall–Kier alpha value is -1.04. The fourth-order valence-corrected chi connectivity index (χ4v) is 2.35. The second-order valence-electron chi connectivity index (χ2n) is 4.72. The van der Waals surface area contributed by atoms with E-state index >= 15 is 0 Å². The fourth-order valence-electron chi connectivity index (χ4n) is 2.35. The maximum Gasteiger partial charge on any atom is 0.128 e. The summed E-state index contributed by atoms with van der Waals surface area (Å²) in [6.45, 7) is 5.53. The quantitative estimate of drug-likeness (QED) is 0.854. The monoisotopic (exact) mass is 255 g/mol. The minimum Gasteiger partial charge on any atom is -0.323 e. The minimum atomic E-state index is -0.515. The van der Waals surface area contributed by atoms with E-state index in [1.807, 2.05) is 6.92 Å². The molecule has 5 heteroatoms. The van der Waals surface area contributed by atoms with Crippen molar-refractivity contribution >= 4 is 0 Å². The summed E-state index contributed by atoms with van der Waals surface area (Å²) in [5, 5.41) is 3.25. The van der Waals surface area contributed by atoms with E-state index in [-0.39, 0.29) is 11.6 Å². The van der Waals surface area contributed by atoms with Crippen LogP contribution in [0.1, 0.15) is 18.5 Å². The molecule has 1 aromatic rings. The first-order valence-electron chi connectivity index (χ1n) is 6.25. The molecule has 0 aliphatic carbocycles. The Labute approximate surface area is 106 Å². The second kappa shape index (κ2) is 5.73. The number of nitrogens with one attached hydrogen (secondary N) is 1. The van der Waals surface area contributed by atoms with Crippen LogP contribution in [0.5, 0.6) is 0 Å². The highest BCUT2D eigenvalue weighted by Crippen LogP contribution is 2.22. The van der Waals surface area contributed by atoms with Gasteiger partial charge in [-0.15, -0.1) is 0 Å². The van der Waals surface area contributed by atoms with Crippen molar-refractivity contribution in [2.75, 3.05) is 26.2 Å². The Kier molecular flexibility index (Phi) is 4.27. The Balaban J connectivity index is 2.13. The molecule has 0 aromatic heterocycles. The summed E-state index contributed by atoms with van der Waals surface area (Å²) in [7, 11) is 0. The zero-order chi connectivity index (χ0) is 13.1. The molecule has 1 aliphatic heterocycles. The maximum atomic E-state index is 13.7. The van der Waals surface area contributed by atoms with E-state index in [2.05, 4.69) is 10.2 Å². The zero-order valence-electron chi connectivity index (χ0n) is 10.5. The SMILES string of the molecule is CC(C(N)c1cc(F)ccc1F)N1CCNCC1. The molecule has 0 bridgehead atoms. The van der Waals surface area contributed by atoms with Gasteiger partial charge in [-0.2, -0.15) is 0 Å². The van der Waals surface area contributed by atoms with Crippen molar-refractivity contribution in [3.05, 3.63) is 35.4 Å². The van der Waals surface area contributed by atoms with Gasteiger partial charge in [-0.05, 0) is 25.1 Å². The lowest BCUT2D eigenvalue weighted by Crippen LogP contribution is -2.50. The van der Waals surface area contributed by atoms with Crippen molar-refractivity contribution in [3.63, 3.8) is 0 Å². The molecule has 3 N–H and O–H groups in total. The van der Waals surface area contributed by atoms with E-state index in [0.717, 1.165) is 38.3 Å². The molecule has 18 heavy (non-hydrogen) atoms. The van der Waals surface area contributed by atoms with Crippen molar-refractivity contribution in [3.8, 4) is 0 Å². The third kappa shape index (κ3) is 2.85. The molecule has 100 valence electrons. The molecule has 1 aliphatic rings. The third-order valence-corrected chi connectivity index (χ3v) is 3.56. The van der Waals surface area contributed by atoms with E-state index in [4.69, 9.17) is 5.73 Å². The predicted molar refractivity (Wildman–Crippen MR) is 67.2 cm³/mol. The lowest BCUT2D eigenvalue weighted by Gasteiger charge is -2.36. The summed E-state index contributed by atoms with van der Waals surface area (Å²) in [4.78, 5) is 2.20. The Morgan fingerprint density at radius 1 is 1.28 bits per heavy atom. The summed E-state index contributed by atoms with van der Waals surface area (Å²) in [5.41, 5.74) is 6.32. The fraction of sp³-hybridized carbons (Fsp3) is 0.538. The van der Waals surface area contributed by atoms with Crippen molar-refractivity contribution in [2.45, 2.75) is 19.0 Å². The van der Waals surface area contributed by atoms with Crippen molar-refractivity contribution in [1.29, 1.82) is 0 Å². The van der Waals surface area contributed by atoms with E-state index in [1.54, 1.807) is 0 Å². The number of nitrogens with zero attached hydrogens (tertiary/aromatic N) is 1. The summed E-state index contributed by atoms with van der Waals surface area (Å²) in [5.74, 6) is -0.889. The molecule has 0 amide bonds. The van der Waals surface area contributed by atoms with Crippen LogP contribution in [0.25, 0.3) is 0 Å². The topological polar surface area (TPSA) is 41.3 Å². The van der Waals surface area contributed by atoms with Crippen LogP contribution in [-0.2, 0) is 0 Å². The highest BCUT2D eigenvalue weighted by Gasteiger charge is 2.25. The van der Waals surface area contributed by atoms with Crippen molar-refractivity contribution < 1.29 is 8.78 Å². The van der Waals surface area contributed by atoms with E-state index in [9.17, 15) is 8.78 Å². The van der Waals surface area contributed by atoms with Gasteiger partial charge in [0.25, 0.3) is 0 Å². The van der Waals surface area contributed by atoms with Crippen LogP contribution in [0.15, 0.2) is 18.2 Å². The van der Waals surface area contributed by atoms with Gasteiger partial charge in [0.15, 0.2) is 0 Å². The Bertz CT molecular complexity index is 405. The molecule has 0 saturated carbocycles. The van der Waals surface area contributed by atoms with Gasteiger partial charge in [0.1, 0.15) is 11.6 Å². The molecule has 2 atom stereocenters. The minimum absolute atomic E-state index is 0.0107. The lowest BCUT2D eigenvalue weighted by atomic mass is 9.99. The first-order chi connectivity index (χ1) is 8.59. The van der Waals surface area contributed by atoms with Gasteiger partial charge in [0.05, 0.1) is 0 Å². The van der Waals surface area contributed by atoms with E-state index in [0.29, 0.717) is 0 Å². The van der Waals surface area contributed by atoms with Crippen LogP contribution >= 0.6 is 0 Å². The molecule has 0 radical (unpaired) electrons. The first kappa shape index (κ1) is 13.4. The number of nitrogens with two attached hydrogens (primary N) is 1. The molecule has 1 saturated heterocycles. The number of halogens is 2. The van der Waals surface area contributed by atoms with Crippen LogP contribution in [0, 0.1) is 11.6 Å². The van der Waals surface area contributed by atoms with Crippen molar-refractivity contribution in [1.82, 2.24) is 10.2 Å². The molecule has 2 rings (SSSR count). The summed E-state index contributed by atoms with van der Waals surface area (Å²) < 4.78 is 26.8. The van der Waals surface area contributed by atoms with Crippen LogP contribution < -0.4 is 11.1 Å². The van der Waals surface area contributed by atoms with Crippen LogP contribution in [0.2, 0.25) is 0 Å². The third-order valence-electron chi connectivity index (χ3n) is 3.56. The van der Waals surface area contributed by atoms with Gasteiger partial charge in [0, 0.05) is 43.8 Å².